The largest absolute Gasteiger partial charge is 0.469 e. The van der Waals surface area contributed by atoms with Gasteiger partial charge >= 0.3 is 0 Å². The summed E-state index contributed by atoms with van der Waals surface area (Å²) in [7, 11) is 0. The van der Waals surface area contributed by atoms with Crippen LogP contribution in [0.5, 0.6) is 0 Å². The van der Waals surface area contributed by atoms with Gasteiger partial charge in [-0.25, -0.2) is 0 Å². The second-order valence-electron chi connectivity index (χ2n) is 3.45. The summed E-state index contributed by atoms with van der Waals surface area (Å²) in [4.78, 5) is 25.5. The van der Waals surface area contributed by atoms with Crippen molar-refractivity contribution in [3.05, 3.63) is 48.0 Å². The molecule has 95 valence electrons. The van der Waals surface area contributed by atoms with Gasteiger partial charge in [0.15, 0.2) is 0 Å². The number of hydrogen-bond acceptors (Lipinski definition) is 5. The molecule has 0 atom stereocenters. The molecule has 0 saturated carbocycles. The molecule has 1 aromatic heterocycles. The molecule has 18 heavy (non-hydrogen) atoms. The average Bonchev–Trinajstić information content (AvgIpc) is 2.29. The minimum Gasteiger partial charge on any atom is -0.469 e. The Morgan fingerprint density at radius 1 is 1.61 bits per heavy atom. The first-order chi connectivity index (χ1) is 7.91. The zero-order valence-corrected chi connectivity index (χ0v) is 12.8. The third-order valence-corrected chi connectivity index (χ3v) is 2.18. The van der Waals surface area contributed by atoms with Crippen LogP contribution in [0, 0.1) is 24.0 Å². The first-order valence-corrected chi connectivity index (χ1v) is 4.88. The van der Waals surface area contributed by atoms with Crippen molar-refractivity contribution in [2.75, 3.05) is 6.61 Å². The summed E-state index contributed by atoms with van der Waals surface area (Å²) in [6, 6.07) is 1.34. The SMILES string of the molecule is [CH2-]C([CH2-])(C(=O)OCC)c1ccncc1[N+](=O)[O-].[Y]. The first kappa shape index (κ1) is 17.1. The average molecular weight is 325 g/mol. The smallest absolute Gasteiger partial charge is 0.286 e. The Morgan fingerprint density at radius 3 is 2.72 bits per heavy atom. The predicted octanol–water partition coefficient (Wildman–Crippen LogP) is 1.46. The number of pyridine rings is 1. The molecule has 0 unspecified atom stereocenters. The van der Waals surface area contributed by atoms with Gasteiger partial charge < -0.3 is 18.6 Å². The van der Waals surface area contributed by atoms with Gasteiger partial charge in [0.05, 0.1) is 11.5 Å². The zero-order chi connectivity index (χ0) is 13.1. The first-order valence-electron chi connectivity index (χ1n) is 4.88. The predicted molar refractivity (Wildman–Crippen MR) is 59.9 cm³/mol. The van der Waals surface area contributed by atoms with Crippen molar-refractivity contribution in [1.29, 1.82) is 0 Å². The van der Waals surface area contributed by atoms with E-state index < -0.39 is 16.3 Å². The number of esters is 1. The summed E-state index contributed by atoms with van der Waals surface area (Å²) in [5.74, 6) is -0.714. The third-order valence-electron chi connectivity index (χ3n) is 2.18. The Kier molecular flexibility index (Phi) is 6.56. The molecular formula is C11H12N2O4Y-2. The van der Waals surface area contributed by atoms with Crippen LogP contribution >= 0.6 is 0 Å². The molecule has 0 aliphatic heterocycles. The van der Waals surface area contributed by atoms with Gasteiger partial charge in [-0.3, -0.25) is 19.9 Å². The van der Waals surface area contributed by atoms with Gasteiger partial charge in [-0.2, -0.15) is 5.41 Å². The van der Waals surface area contributed by atoms with Crippen LogP contribution in [0.2, 0.25) is 0 Å². The summed E-state index contributed by atoms with van der Waals surface area (Å²) in [5.41, 5.74) is -1.79. The molecule has 0 bridgehead atoms. The van der Waals surface area contributed by atoms with Crippen LogP contribution in [0.15, 0.2) is 18.5 Å². The Balaban J connectivity index is 0.00000289. The molecule has 0 N–H and O–H groups in total. The maximum absolute atomic E-state index is 11.6. The van der Waals surface area contributed by atoms with Crippen LogP contribution in [-0.2, 0) is 47.7 Å². The van der Waals surface area contributed by atoms with E-state index in [9.17, 15) is 14.9 Å². The summed E-state index contributed by atoms with van der Waals surface area (Å²) in [6.45, 7) is 8.96. The van der Waals surface area contributed by atoms with Crippen LogP contribution in [0.1, 0.15) is 12.5 Å². The van der Waals surface area contributed by atoms with Gasteiger partial charge in [-0.15, -0.1) is 0 Å². The summed E-state index contributed by atoms with van der Waals surface area (Å²) < 4.78 is 4.79. The molecule has 1 radical (unpaired) electrons. The Labute approximate surface area is 130 Å². The van der Waals surface area contributed by atoms with E-state index in [1.807, 2.05) is 0 Å². The minimum atomic E-state index is -1.57. The van der Waals surface area contributed by atoms with Crippen LogP contribution < -0.4 is 0 Å². The number of aromatic nitrogens is 1. The molecule has 0 amide bonds. The molecule has 0 aliphatic rings. The fraction of sp³-hybridized carbons (Fsp3) is 0.273. The van der Waals surface area contributed by atoms with Gasteiger partial charge in [-0.05, 0) is 18.6 Å². The fourth-order valence-electron chi connectivity index (χ4n) is 1.32. The van der Waals surface area contributed by atoms with Gasteiger partial charge in [-0.1, -0.05) is 0 Å². The third kappa shape index (κ3) is 3.56. The van der Waals surface area contributed by atoms with Crippen LogP contribution in [0.25, 0.3) is 0 Å². The number of hydrogen-bond donors (Lipinski definition) is 0. The maximum Gasteiger partial charge on any atom is 0.286 e. The molecule has 0 fully saturated rings. The molecule has 0 saturated heterocycles. The van der Waals surface area contributed by atoms with E-state index in [1.54, 1.807) is 6.92 Å². The second kappa shape index (κ2) is 6.90. The van der Waals surface area contributed by atoms with Gasteiger partial charge in [0.2, 0.25) is 0 Å². The normalized spacial score (nSPS) is 10.4. The van der Waals surface area contributed by atoms with Gasteiger partial charge in [0.1, 0.15) is 6.20 Å². The van der Waals surface area contributed by atoms with Crippen molar-refractivity contribution in [3.63, 3.8) is 0 Å². The number of carbonyl (C=O) groups excluding carboxylic acids is 1. The van der Waals surface area contributed by atoms with E-state index >= 15 is 0 Å². The Bertz CT molecular complexity index is 448. The van der Waals surface area contributed by atoms with Crippen molar-refractivity contribution in [2.24, 2.45) is 0 Å². The monoisotopic (exact) mass is 325 g/mol. The zero-order valence-electron chi connectivity index (χ0n) is 9.96. The molecule has 0 spiro atoms. The van der Waals surface area contributed by atoms with Gasteiger partial charge in [0, 0.05) is 38.9 Å². The summed E-state index contributed by atoms with van der Waals surface area (Å²) >= 11 is 0. The topological polar surface area (TPSA) is 82.3 Å². The van der Waals surface area contributed by atoms with Crippen molar-refractivity contribution in [2.45, 2.75) is 12.3 Å². The van der Waals surface area contributed by atoms with E-state index in [0.717, 1.165) is 6.20 Å². The number of nitro groups is 1. The van der Waals surface area contributed by atoms with E-state index in [1.165, 1.54) is 12.3 Å². The second-order valence-corrected chi connectivity index (χ2v) is 3.45. The Morgan fingerprint density at radius 2 is 2.22 bits per heavy atom. The Hall–Kier alpha value is -0.876. The quantitative estimate of drug-likeness (QED) is 0.362. The van der Waals surface area contributed by atoms with E-state index in [-0.39, 0.29) is 50.6 Å². The van der Waals surface area contributed by atoms with E-state index in [0.29, 0.717) is 0 Å². The minimum absolute atomic E-state index is 0. The van der Waals surface area contributed by atoms with Gasteiger partial charge in [0.25, 0.3) is 11.7 Å². The molecule has 1 aromatic rings. The number of rotatable bonds is 4. The maximum atomic E-state index is 11.6. The standard InChI is InChI=1S/C11H12N2O4.Y/c1-4-17-10(14)11(2,3)8-5-6-12-7-9(8)13(15)16;/h5-7H,2-4H2,1H3;/q-2;. The van der Waals surface area contributed by atoms with E-state index in [2.05, 4.69) is 18.8 Å². The van der Waals surface area contributed by atoms with Crippen LogP contribution in [-0.4, -0.2) is 22.5 Å². The van der Waals surface area contributed by atoms with Crippen LogP contribution in [0.3, 0.4) is 0 Å². The summed E-state index contributed by atoms with van der Waals surface area (Å²) in [6.07, 6.45) is 2.40. The fourth-order valence-corrected chi connectivity index (χ4v) is 1.32. The van der Waals surface area contributed by atoms with Crippen molar-refractivity contribution in [3.8, 4) is 0 Å². The van der Waals surface area contributed by atoms with Crippen molar-refractivity contribution in [1.82, 2.24) is 4.98 Å². The molecular weight excluding hydrogens is 313 g/mol. The molecule has 1 rings (SSSR count). The molecule has 0 aromatic carbocycles. The molecule has 0 aliphatic carbocycles. The summed E-state index contributed by atoms with van der Waals surface area (Å²) in [5, 5.41) is 10.8. The number of ether oxygens (including phenoxy) is 1. The van der Waals surface area contributed by atoms with Crippen LogP contribution in [0.4, 0.5) is 5.69 Å². The molecule has 6 nitrogen and oxygen atoms in total. The molecule has 1 heterocycles. The van der Waals surface area contributed by atoms with Crippen molar-refractivity contribution < 1.29 is 47.2 Å². The van der Waals surface area contributed by atoms with Crippen molar-refractivity contribution >= 4 is 11.7 Å². The number of nitrogens with zero attached hydrogens (tertiary/aromatic N) is 2. The van der Waals surface area contributed by atoms with E-state index in [4.69, 9.17) is 4.74 Å². The number of carbonyl (C=O) groups is 1. The molecule has 7 heteroatoms.